The number of phosphoric acid groups is 1. The number of hydrogen-bond acceptors (Lipinski definition) is 3. The van der Waals surface area contributed by atoms with Crippen molar-refractivity contribution in [1.29, 1.82) is 0 Å². The molecule has 0 radical (unpaired) electrons. The zero-order valence-corrected chi connectivity index (χ0v) is 15.9. The van der Waals surface area contributed by atoms with Crippen molar-refractivity contribution >= 4 is 13.7 Å². The minimum Gasteiger partial charge on any atom is -0.404 e. The van der Waals surface area contributed by atoms with E-state index in [1.165, 1.54) is 24.3 Å². The van der Waals surface area contributed by atoms with Crippen molar-refractivity contribution in [2.75, 3.05) is 0 Å². The number of amides is 1. The lowest BCUT2D eigenvalue weighted by Gasteiger charge is -2.33. The average molecular weight is 375 g/mol. The molecule has 0 saturated carbocycles. The van der Waals surface area contributed by atoms with E-state index in [0.717, 1.165) is 6.42 Å². The van der Waals surface area contributed by atoms with Gasteiger partial charge in [-0.3, -0.25) is 14.6 Å². The Kier molecular flexibility index (Phi) is 7.60. The van der Waals surface area contributed by atoms with Crippen LogP contribution in [0.25, 0.3) is 0 Å². The predicted octanol–water partition coefficient (Wildman–Crippen LogP) is 3.89. The number of para-hydroxylation sites is 1. The van der Waals surface area contributed by atoms with Crippen LogP contribution in [0.5, 0.6) is 5.75 Å². The third kappa shape index (κ3) is 6.77. The van der Waals surface area contributed by atoms with Gasteiger partial charge in [-0.05, 0) is 31.7 Å². The molecule has 0 heterocycles. The first-order valence-electron chi connectivity index (χ1n) is 8.31. The molecule has 0 aliphatic heterocycles. The van der Waals surface area contributed by atoms with Crippen molar-refractivity contribution in [2.45, 2.75) is 58.7 Å². The fourth-order valence-electron chi connectivity index (χ4n) is 2.60. The van der Waals surface area contributed by atoms with Crippen molar-refractivity contribution in [3.63, 3.8) is 0 Å². The summed E-state index contributed by atoms with van der Waals surface area (Å²) >= 11 is 0. The van der Waals surface area contributed by atoms with Crippen LogP contribution < -0.4 is 9.84 Å². The summed E-state index contributed by atoms with van der Waals surface area (Å²) in [4.78, 5) is 30.2. The normalized spacial score (nSPS) is 16.6. The molecule has 25 heavy (non-hydrogen) atoms. The number of halogens is 1. The van der Waals surface area contributed by atoms with E-state index in [-0.39, 0.29) is 11.3 Å². The molecule has 8 heteroatoms. The quantitative estimate of drug-likeness (QED) is 0.569. The minimum absolute atomic E-state index is 0.217. The van der Waals surface area contributed by atoms with E-state index in [0.29, 0.717) is 18.8 Å². The van der Waals surface area contributed by atoms with Crippen LogP contribution in [0.15, 0.2) is 24.3 Å². The van der Waals surface area contributed by atoms with Gasteiger partial charge in [0.15, 0.2) is 0 Å². The summed E-state index contributed by atoms with van der Waals surface area (Å²) in [7, 11) is -4.85. The minimum atomic E-state index is -4.85. The standard InChI is InChI=1S/C17H27FNO5P/c1-5-12(3)11-17(4,6-2)19-16(20)15(18)13-9-7-8-10-14(13)24-25(21,22)23/h7-10,12,15H,5-6,11H2,1-4H3,(H,19,20)(H2,21,22,23). The Hall–Kier alpha value is -1.43. The lowest BCUT2D eigenvalue weighted by Crippen LogP contribution is -2.47. The second kappa shape index (κ2) is 8.79. The Labute approximate surface area is 148 Å². The lowest BCUT2D eigenvalue weighted by atomic mass is 9.86. The van der Waals surface area contributed by atoms with E-state index in [9.17, 15) is 13.8 Å². The van der Waals surface area contributed by atoms with Crippen molar-refractivity contribution in [2.24, 2.45) is 5.92 Å². The molecule has 1 rings (SSSR count). The second-order valence-electron chi connectivity index (χ2n) is 6.60. The molecule has 3 unspecified atom stereocenters. The lowest BCUT2D eigenvalue weighted by molar-refractivity contribution is -0.128. The van der Waals surface area contributed by atoms with Gasteiger partial charge in [-0.15, -0.1) is 0 Å². The van der Waals surface area contributed by atoms with Crippen molar-refractivity contribution in [1.82, 2.24) is 5.32 Å². The molecular weight excluding hydrogens is 348 g/mol. The highest BCUT2D eigenvalue weighted by Gasteiger charge is 2.32. The third-order valence-electron chi connectivity index (χ3n) is 4.34. The fraction of sp³-hybridized carbons (Fsp3) is 0.588. The molecule has 0 saturated heterocycles. The van der Waals surface area contributed by atoms with Crippen LogP contribution in [0.1, 0.15) is 58.7 Å². The Bertz CT molecular complexity index is 635. The topological polar surface area (TPSA) is 95.9 Å². The van der Waals surface area contributed by atoms with Crippen LogP contribution in [0, 0.1) is 5.92 Å². The molecule has 0 bridgehead atoms. The second-order valence-corrected chi connectivity index (χ2v) is 7.77. The maximum absolute atomic E-state index is 14.7. The van der Waals surface area contributed by atoms with Crippen molar-refractivity contribution < 1.29 is 28.1 Å². The molecule has 1 aromatic carbocycles. The van der Waals surface area contributed by atoms with Gasteiger partial charge in [-0.25, -0.2) is 8.96 Å². The van der Waals surface area contributed by atoms with Gasteiger partial charge in [0.25, 0.3) is 5.91 Å². The average Bonchev–Trinajstić information content (AvgIpc) is 2.52. The molecular formula is C17H27FNO5P. The number of carbonyl (C=O) groups excluding carboxylic acids is 1. The molecule has 1 amide bonds. The Morgan fingerprint density at radius 2 is 1.96 bits per heavy atom. The SMILES string of the molecule is CCC(C)CC(C)(CC)NC(=O)C(F)c1ccccc1OP(=O)(O)O. The third-order valence-corrected chi connectivity index (χ3v) is 4.78. The van der Waals surface area contributed by atoms with E-state index in [4.69, 9.17) is 9.79 Å². The fourth-order valence-corrected chi connectivity index (χ4v) is 3.02. The van der Waals surface area contributed by atoms with E-state index in [1.54, 1.807) is 0 Å². The Balaban J connectivity index is 2.98. The van der Waals surface area contributed by atoms with E-state index < -0.39 is 25.4 Å². The maximum atomic E-state index is 14.7. The number of hydrogen-bond donors (Lipinski definition) is 3. The summed E-state index contributed by atoms with van der Waals surface area (Å²) in [5, 5.41) is 2.73. The summed E-state index contributed by atoms with van der Waals surface area (Å²) in [5.74, 6) is -0.832. The molecule has 0 aliphatic carbocycles. The Morgan fingerprint density at radius 3 is 2.48 bits per heavy atom. The Morgan fingerprint density at radius 1 is 1.36 bits per heavy atom. The molecule has 0 fully saturated rings. The molecule has 142 valence electrons. The maximum Gasteiger partial charge on any atom is 0.524 e. The van der Waals surface area contributed by atoms with E-state index in [1.807, 2.05) is 13.8 Å². The summed E-state index contributed by atoms with van der Waals surface area (Å²) < 4.78 is 30.2. The summed E-state index contributed by atoms with van der Waals surface area (Å²) in [6.45, 7) is 7.90. The first-order chi connectivity index (χ1) is 11.5. The number of alkyl halides is 1. The smallest absolute Gasteiger partial charge is 0.404 e. The predicted molar refractivity (Wildman–Crippen MR) is 93.9 cm³/mol. The first-order valence-corrected chi connectivity index (χ1v) is 9.84. The molecule has 3 atom stereocenters. The van der Waals surface area contributed by atoms with Gasteiger partial charge in [0, 0.05) is 11.1 Å². The van der Waals surface area contributed by atoms with Crippen LogP contribution in [0.3, 0.4) is 0 Å². The monoisotopic (exact) mass is 375 g/mol. The summed E-state index contributed by atoms with van der Waals surface area (Å²) in [5.41, 5.74) is -0.777. The largest absolute Gasteiger partial charge is 0.524 e. The highest BCUT2D eigenvalue weighted by Crippen LogP contribution is 2.41. The van der Waals surface area contributed by atoms with Crippen LogP contribution in [-0.2, 0) is 9.36 Å². The van der Waals surface area contributed by atoms with Crippen LogP contribution in [-0.4, -0.2) is 21.2 Å². The highest BCUT2D eigenvalue weighted by molar-refractivity contribution is 7.46. The molecule has 0 aromatic heterocycles. The van der Waals surface area contributed by atoms with E-state index in [2.05, 4.69) is 23.7 Å². The number of nitrogens with one attached hydrogen (secondary N) is 1. The number of rotatable bonds is 9. The van der Waals surface area contributed by atoms with Gasteiger partial charge < -0.3 is 9.84 Å². The molecule has 0 aliphatic rings. The van der Waals surface area contributed by atoms with Crippen LogP contribution >= 0.6 is 7.82 Å². The van der Waals surface area contributed by atoms with Crippen LogP contribution in [0.4, 0.5) is 4.39 Å². The van der Waals surface area contributed by atoms with Crippen molar-refractivity contribution in [3.05, 3.63) is 29.8 Å². The zero-order chi connectivity index (χ0) is 19.3. The summed E-state index contributed by atoms with van der Waals surface area (Å²) in [6, 6.07) is 5.40. The van der Waals surface area contributed by atoms with Gasteiger partial charge >= 0.3 is 7.82 Å². The molecule has 3 N–H and O–H groups in total. The summed E-state index contributed by atoms with van der Waals surface area (Å²) in [6.07, 6.45) is 0.199. The zero-order valence-electron chi connectivity index (χ0n) is 15.0. The molecule has 1 aromatic rings. The highest BCUT2D eigenvalue weighted by atomic mass is 31.2. The van der Waals surface area contributed by atoms with Gasteiger partial charge in [0.2, 0.25) is 6.17 Å². The van der Waals surface area contributed by atoms with Gasteiger partial charge in [0.05, 0.1) is 0 Å². The van der Waals surface area contributed by atoms with Gasteiger partial charge in [-0.1, -0.05) is 45.4 Å². The van der Waals surface area contributed by atoms with Gasteiger partial charge in [-0.2, -0.15) is 0 Å². The number of phosphoric ester groups is 1. The van der Waals surface area contributed by atoms with E-state index >= 15 is 0 Å². The molecule has 6 nitrogen and oxygen atoms in total. The first kappa shape index (κ1) is 21.6. The van der Waals surface area contributed by atoms with Gasteiger partial charge in [0.1, 0.15) is 5.75 Å². The molecule has 0 spiro atoms. The number of benzene rings is 1. The van der Waals surface area contributed by atoms with Crippen molar-refractivity contribution in [3.8, 4) is 5.75 Å². The number of carbonyl (C=O) groups is 1. The van der Waals surface area contributed by atoms with Crippen LogP contribution in [0.2, 0.25) is 0 Å².